The Balaban J connectivity index is 1.46. The summed E-state index contributed by atoms with van der Waals surface area (Å²) in [6, 6.07) is 19.9. The Kier molecular flexibility index (Phi) is 6.78. The van der Waals surface area contributed by atoms with Crippen molar-refractivity contribution < 1.29 is 4.79 Å². The normalized spacial score (nSPS) is 11.1. The molecule has 0 saturated heterocycles. The minimum atomic E-state index is -0.428. The van der Waals surface area contributed by atoms with Gasteiger partial charge in [0.05, 0.1) is 11.3 Å². The van der Waals surface area contributed by atoms with Crippen molar-refractivity contribution in [1.82, 2.24) is 19.6 Å². The van der Waals surface area contributed by atoms with Crippen LogP contribution in [0.15, 0.2) is 66.9 Å². The SMILES string of the molecule is Cc1cc(N(C)Cc2ccc(-c3cccc(C(N)=O)c3)cc2)n2nc(C)c(-c3cnc(N(C)C)cc3C)c2n1. The molecule has 5 rings (SSSR count). The number of benzene rings is 2. The van der Waals surface area contributed by atoms with Gasteiger partial charge >= 0.3 is 0 Å². The summed E-state index contributed by atoms with van der Waals surface area (Å²) < 4.78 is 1.93. The Morgan fingerprint density at radius 3 is 2.36 bits per heavy atom. The molecule has 198 valence electrons. The van der Waals surface area contributed by atoms with Gasteiger partial charge in [0.2, 0.25) is 5.91 Å². The summed E-state index contributed by atoms with van der Waals surface area (Å²) in [5, 5.41) is 4.90. The highest BCUT2D eigenvalue weighted by Crippen LogP contribution is 2.33. The van der Waals surface area contributed by atoms with Crippen LogP contribution in [0.5, 0.6) is 0 Å². The van der Waals surface area contributed by atoms with Crippen LogP contribution in [0.4, 0.5) is 11.6 Å². The predicted octanol–water partition coefficient (Wildman–Crippen LogP) is 5.18. The van der Waals surface area contributed by atoms with E-state index in [1.807, 2.05) is 61.8 Å². The van der Waals surface area contributed by atoms with Gasteiger partial charge in [-0.15, -0.1) is 0 Å². The molecule has 39 heavy (non-hydrogen) atoms. The smallest absolute Gasteiger partial charge is 0.248 e. The number of fused-ring (bicyclic) bond motifs is 1. The van der Waals surface area contributed by atoms with Crippen LogP contribution < -0.4 is 15.5 Å². The Morgan fingerprint density at radius 1 is 0.949 bits per heavy atom. The van der Waals surface area contributed by atoms with Crippen LogP contribution in [0.3, 0.4) is 0 Å². The third-order valence-electron chi connectivity index (χ3n) is 6.94. The topological polar surface area (TPSA) is 92.6 Å². The Hall–Kier alpha value is -4.72. The number of primary amides is 1. The van der Waals surface area contributed by atoms with Gasteiger partial charge in [-0.05, 0) is 61.2 Å². The highest BCUT2D eigenvalue weighted by atomic mass is 16.1. The average Bonchev–Trinajstić information content (AvgIpc) is 3.23. The minimum Gasteiger partial charge on any atom is -0.366 e. The summed E-state index contributed by atoms with van der Waals surface area (Å²) in [7, 11) is 6.04. The maximum absolute atomic E-state index is 11.6. The summed E-state index contributed by atoms with van der Waals surface area (Å²) in [5.41, 5.74) is 14.9. The van der Waals surface area contributed by atoms with E-state index in [-0.39, 0.29) is 0 Å². The van der Waals surface area contributed by atoms with Gasteiger partial charge in [0.15, 0.2) is 5.65 Å². The Morgan fingerprint density at radius 2 is 1.69 bits per heavy atom. The fraction of sp³-hybridized carbons (Fsp3) is 0.226. The lowest BCUT2D eigenvalue weighted by molar-refractivity contribution is 0.100. The molecule has 0 saturated carbocycles. The van der Waals surface area contributed by atoms with Crippen molar-refractivity contribution in [1.29, 1.82) is 0 Å². The van der Waals surface area contributed by atoms with Crippen LogP contribution in [0.1, 0.15) is 32.9 Å². The van der Waals surface area contributed by atoms with Gasteiger partial charge in [0.1, 0.15) is 11.6 Å². The predicted molar refractivity (Wildman–Crippen MR) is 157 cm³/mol. The van der Waals surface area contributed by atoms with E-state index in [1.165, 1.54) is 0 Å². The second kappa shape index (κ2) is 10.2. The number of carbonyl (C=O) groups excluding carboxylic acids is 1. The van der Waals surface area contributed by atoms with Crippen molar-refractivity contribution in [2.24, 2.45) is 5.73 Å². The maximum Gasteiger partial charge on any atom is 0.248 e. The molecule has 0 spiro atoms. The highest BCUT2D eigenvalue weighted by Gasteiger charge is 2.20. The molecule has 0 radical (unpaired) electrons. The van der Waals surface area contributed by atoms with Gasteiger partial charge in [0, 0.05) is 56.8 Å². The summed E-state index contributed by atoms with van der Waals surface area (Å²) in [5.74, 6) is 1.45. The molecule has 1 amide bonds. The molecule has 0 aliphatic carbocycles. The van der Waals surface area contributed by atoms with Crippen molar-refractivity contribution in [3.63, 3.8) is 0 Å². The molecule has 3 heterocycles. The number of aromatic nitrogens is 4. The molecule has 8 nitrogen and oxygen atoms in total. The first-order valence-electron chi connectivity index (χ1n) is 12.8. The van der Waals surface area contributed by atoms with Crippen LogP contribution >= 0.6 is 0 Å². The van der Waals surface area contributed by atoms with E-state index in [0.29, 0.717) is 12.1 Å². The van der Waals surface area contributed by atoms with E-state index in [1.54, 1.807) is 6.07 Å². The summed E-state index contributed by atoms with van der Waals surface area (Å²) >= 11 is 0. The Labute approximate surface area is 228 Å². The summed E-state index contributed by atoms with van der Waals surface area (Å²) in [6.45, 7) is 6.82. The van der Waals surface area contributed by atoms with Crippen molar-refractivity contribution in [2.45, 2.75) is 27.3 Å². The van der Waals surface area contributed by atoms with Crippen LogP contribution in [-0.2, 0) is 6.54 Å². The molecule has 8 heteroatoms. The minimum absolute atomic E-state index is 0.428. The van der Waals surface area contributed by atoms with Crippen molar-refractivity contribution in [2.75, 3.05) is 30.9 Å². The number of rotatable bonds is 7. The second-order valence-corrected chi connectivity index (χ2v) is 10.2. The first-order valence-corrected chi connectivity index (χ1v) is 12.8. The fourth-order valence-corrected chi connectivity index (χ4v) is 4.87. The van der Waals surface area contributed by atoms with E-state index >= 15 is 0 Å². The lowest BCUT2D eigenvalue weighted by atomic mass is 10.0. The number of carbonyl (C=O) groups is 1. The number of anilines is 2. The zero-order valence-corrected chi connectivity index (χ0v) is 23.2. The van der Waals surface area contributed by atoms with Crippen LogP contribution in [-0.4, -0.2) is 46.6 Å². The average molecular weight is 520 g/mol. The largest absolute Gasteiger partial charge is 0.366 e. The Bertz CT molecular complexity index is 1690. The van der Waals surface area contributed by atoms with Crippen molar-refractivity contribution in [3.8, 4) is 22.3 Å². The maximum atomic E-state index is 11.6. The number of hydrogen-bond donors (Lipinski definition) is 1. The molecule has 0 unspecified atom stereocenters. The lowest BCUT2D eigenvalue weighted by Crippen LogP contribution is -2.20. The van der Waals surface area contributed by atoms with Crippen molar-refractivity contribution in [3.05, 3.63) is 94.9 Å². The standard InChI is InChI=1S/C31H33N7O/c1-19-14-27(36(4)5)33-17-26(19)29-21(3)35-38-28(15-20(2)34-31(29)38)37(6)18-22-10-12-23(13-11-22)24-8-7-9-25(16-24)30(32)39/h7-17H,18H2,1-6H3,(H2,32,39). The number of pyridine rings is 1. The van der Waals surface area contributed by atoms with Gasteiger partial charge in [0.25, 0.3) is 0 Å². The van der Waals surface area contributed by atoms with Crippen LogP contribution in [0.2, 0.25) is 0 Å². The lowest BCUT2D eigenvalue weighted by Gasteiger charge is -2.21. The quantitative estimate of drug-likeness (QED) is 0.318. The van der Waals surface area contributed by atoms with E-state index in [2.05, 4.69) is 60.3 Å². The molecule has 3 aromatic heterocycles. The van der Waals surface area contributed by atoms with Gasteiger partial charge in [-0.25, -0.2) is 9.97 Å². The van der Waals surface area contributed by atoms with Gasteiger partial charge in [-0.3, -0.25) is 4.79 Å². The molecule has 0 atom stereocenters. The second-order valence-electron chi connectivity index (χ2n) is 10.2. The fourth-order valence-electron chi connectivity index (χ4n) is 4.87. The molecule has 5 aromatic rings. The van der Waals surface area contributed by atoms with Crippen LogP contribution in [0, 0.1) is 20.8 Å². The van der Waals surface area contributed by atoms with E-state index in [0.717, 1.165) is 62.1 Å². The van der Waals surface area contributed by atoms with Crippen molar-refractivity contribution >= 4 is 23.2 Å². The summed E-state index contributed by atoms with van der Waals surface area (Å²) in [4.78, 5) is 25.3. The molecular weight excluding hydrogens is 486 g/mol. The van der Waals surface area contributed by atoms with Gasteiger partial charge in [-0.1, -0.05) is 36.4 Å². The zero-order chi connectivity index (χ0) is 27.8. The number of amides is 1. The van der Waals surface area contributed by atoms with E-state index in [4.69, 9.17) is 15.8 Å². The number of hydrogen-bond acceptors (Lipinski definition) is 6. The monoisotopic (exact) mass is 519 g/mol. The number of nitrogens with zero attached hydrogens (tertiary/aromatic N) is 6. The first-order chi connectivity index (χ1) is 18.6. The molecule has 2 aromatic carbocycles. The van der Waals surface area contributed by atoms with Gasteiger partial charge < -0.3 is 15.5 Å². The molecule has 2 N–H and O–H groups in total. The molecule has 0 bridgehead atoms. The van der Waals surface area contributed by atoms with E-state index in [9.17, 15) is 4.79 Å². The summed E-state index contributed by atoms with van der Waals surface area (Å²) in [6.07, 6.45) is 1.92. The van der Waals surface area contributed by atoms with Gasteiger partial charge in [-0.2, -0.15) is 9.61 Å². The zero-order valence-electron chi connectivity index (χ0n) is 23.2. The molecule has 0 aliphatic heterocycles. The number of aryl methyl sites for hydroxylation is 3. The molecular formula is C31H33N7O. The third kappa shape index (κ3) is 5.05. The van der Waals surface area contributed by atoms with E-state index < -0.39 is 5.91 Å². The molecule has 0 fully saturated rings. The van der Waals surface area contributed by atoms with Crippen LogP contribution in [0.25, 0.3) is 27.9 Å². The first kappa shape index (κ1) is 25.9. The molecule has 0 aliphatic rings. The third-order valence-corrected chi connectivity index (χ3v) is 6.94. The highest BCUT2D eigenvalue weighted by molar-refractivity contribution is 5.94. The number of nitrogens with two attached hydrogens (primary N) is 1.